The first-order chi connectivity index (χ1) is 13.1. The molecule has 2 fully saturated rings. The van der Waals surface area contributed by atoms with E-state index in [9.17, 15) is 4.79 Å². The minimum atomic E-state index is 0.138. The second kappa shape index (κ2) is 7.85. The van der Waals surface area contributed by atoms with Crippen molar-refractivity contribution in [3.63, 3.8) is 0 Å². The standard InChI is InChI=1S/C22H30N4O/c1-25-15-19(14-24-25)22-18(12-21(27)26(22)2)13-23-20-10-8-17(9-11-20)16-6-4-3-5-7-16/h3-7,14-15,17-18,20,22-23H,8-13H2,1-2H3/t17?,18-,20?,22+/m0/s1. The first-order valence-corrected chi connectivity index (χ1v) is 10.1. The van der Waals surface area contributed by atoms with Gasteiger partial charge in [-0.15, -0.1) is 0 Å². The fourth-order valence-electron chi connectivity index (χ4n) is 4.90. The van der Waals surface area contributed by atoms with Crippen molar-refractivity contribution in [3.8, 4) is 0 Å². The molecule has 1 N–H and O–H groups in total. The summed E-state index contributed by atoms with van der Waals surface area (Å²) in [5.41, 5.74) is 2.63. The van der Waals surface area contributed by atoms with Crippen molar-refractivity contribution in [1.29, 1.82) is 0 Å². The molecule has 1 amide bonds. The number of rotatable bonds is 5. The Labute approximate surface area is 161 Å². The molecular formula is C22H30N4O. The van der Waals surface area contributed by atoms with Gasteiger partial charge in [0.05, 0.1) is 12.2 Å². The number of carbonyl (C=O) groups is 1. The fourth-order valence-corrected chi connectivity index (χ4v) is 4.90. The maximum absolute atomic E-state index is 12.3. The summed E-state index contributed by atoms with van der Waals surface area (Å²) < 4.78 is 1.82. The van der Waals surface area contributed by atoms with Crippen LogP contribution in [0.15, 0.2) is 42.7 Å². The number of nitrogens with zero attached hydrogens (tertiary/aromatic N) is 3. The van der Waals surface area contributed by atoms with Gasteiger partial charge in [0, 0.05) is 50.8 Å². The van der Waals surface area contributed by atoms with Crippen LogP contribution in [0.3, 0.4) is 0 Å². The highest BCUT2D eigenvalue weighted by atomic mass is 16.2. The number of carbonyl (C=O) groups excluding carboxylic acids is 1. The predicted molar refractivity (Wildman–Crippen MR) is 106 cm³/mol. The zero-order chi connectivity index (χ0) is 18.8. The Kier molecular flexibility index (Phi) is 5.30. The predicted octanol–water partition coefficient (Wildman–Crippen LogP) is 3.26. The first-order valence-electron chi connectivity index (χ1n) is 10.1. The lowest BCUT2D eigenvalue weighted by atomic mass is 9.81. The lowest BCUT2D eigenvalue weighted by Crippen LogP contribution is -2.37. The highest BCUT2D eigenvalue weighted by molar-refractivity contribution is 5.79. The lowest BCUT2D eigenvalue weighted by molar-refractivity contribution is -0.127. The molecule has 2 aromatic rings. The topological polar surface area (TPSA) is 50.2 Å². The Morgan fingerprint density at radius 2 is 1.81 bits per heavy atom. The molecule has 4 rings (SSSR count). The zero-order valence-corrected chi connectivity index (χ0v) is 16.3. The van der Waals surface area contributed by atoms with Crippen molar-refractivity contribution in [2.75, 3.05) is 13.6 Å². The molecule has 5 heteroatoms. The third kappa shape index (κ3) is 3.93. The number of likely N-dealkylation sites (tertiary alicyclic amines) is 1. The van der Waals surface area contributed by atoms with E-state index in [0.717, 1.165) is 12.1 Å². The SMILES string of the molecule is CN1C(=O)C[C@@H](CNC2CCC(c3ccccc3)CC2)[C@@H]1c1cnn(C)c1. The van der Waals surface area contributed by atoms with Gasteiger partial charge in [-0.2, -0.15) is 5.10 Å². The first kappa shape index (κ1) is 18.2. The second-order valence-electron chi connectivity index (χ2n) is 8.23. The van der Waals surface area contributed by atoms with E-state index < -0.39 is 0 Å². The highest BCUT2D eigenvalue weighted by Gasteiger charge is 2.39. The van der Waals surface area contributed by atoms with E-state index in [1.165, 1.54) is 31.2 Å². The number of amides is 1. The largest absolute Gasteiger partial charge is 0.338 e. The number of hydrogen-bond acceptors (Lipinski definition) is 3. The molecule has 1 aromatic heterocycles. The quantitative estimate of drug-likeness (QED) is 0.884. The van der Waals surface area contributed by atoms with Crippen molar-refractivity contribution in [2.45, 2.75) is 50.1 Å². The summed E-state index contributed by atoms with van der Waals surface area (Å²) in [4.78, 5) is 14.2. The molecule has 1 saturated carbocycles. The normalized spacial score (nSPS) is 28.7. The molecule has 1 aromatic carbocycles. The molecule has 2 heterocycles. The smallest absolute Gasteiger partial charge is 0.223 e. The van der Waals surface area contributed by atoms with E-state index in [4.69, 9.17) is 0 Å². The number of aromatic nitrogens is 2. The second-order valence-corrected chi connectivity index (χ2v) is 8.23. The van der Waals surface area contributed by atoms with Gasteiger partial charge in [-0.25, -0.2) is 0 Å². The van der Waals surface area contributed by atoms with Gasteiger partial charge < -0.3 is 10.2 Å². The van der Waals surface area contributed by atoms with Crippen LogP contribution < -0.4 is 5.32 Å². The van der Waals surface area contributed by atoms with E-state index in [-0.39, 0.29) is 11.9 Å². The summed E-state index contributed by atoms with van der Waals surface area (Å²) in [7, 11) is 3.85. The van der Waals surface area contributed by atoms with Crippen LogP contribution in [0.4, 0.5) is 0 Å². The van der Waals surface area contributed by atoms with E-state index in [1.54, 1.807) is 0 Å². The molecule has 0 bridgehead atoms. The van der Waals surface area contributed by atoms with E-state index in [0.29, 0.717) is 24.3 Å². The van der Waals surface area contributed by atoms with Crippen molar-refractivity contribution in [1.82, 2.24) is 20.0 Å². The Morgan fingerprint density at radius 1 is 1.07 bits per heavy atom. The zero-order valence-electron chi connectivity index (χ0n) is 16.3. The van der Waals surface area contributed by atoms with Crippen LogP contribution in [0.25, 0.3) is 0 Å². The molecule has 2 aliphatic rings. The Hall–Kier alpha value is -2.14. The molecule has 1 aliphatic carbocycles. The third-order valence-corrected chi connectivity index (χ3v) is 6.43. The van der Waals surface area contributed by atoms with Gasteiger partial charge >= 0.3 is 0 Å². The number of nitrogens with one attached hydrogen (secondary N) is 1. The Bertz CT molecular complexity index is 764. The van der Waals surface area contributed by atoms with Crippen molar-refractivity contribution < 1.29 is 4.79 Å². The minimum Gasteiger partial charge on any atom is -0.338 e. The summed E-state index contributed by atoms with van der Waals surface area (Å²) in [5.74, 6) is 1.26. The van der Waals surface area contributed by atoms with Crippen LogP contribution in [0.1, 0.15) is 55.2 Å². The Morgan fingerprint density at radius 3 is 2.48 bits per heavy atom. The van der Waals surface area contributed by atoms with Crippen molar-refractivity contribution in [2.24, 2.45) is 13.0 Å². The third-order valence-electron chi connectivity index (χ3n) is 6.43. The molecule has 0 unspecified atom stereocenters. The molecule has 0 spiro atoms. The van der Waals surface area contributed by atoms with E-state index >= 15 is 0 Å². The average molecular weight is 367 g/mol. The van der Waals surface area contributed by atoms with Crippen LogP contribution >= 0.6 is 0 Å². The lowest BCUT2D eigenvalue weighted by Gasteiger charge is -2.31. The van der Waals surface area contributed by atoms with Gasteiger partial charge in [0.15, 0.2) is 0 Å². The summed E-state index contributed by atoms with van der Waals surface area (Å²) >= 11 is 0. The van der Waals surface area contributed by atoms with Gasteiger partial charge in [-0.1, -0.05) is 30.3 Å². The van der Waals surface area contributed by atoms with Gasteiger partial charge in [0.1, 0.15) is 0 Å². The molecule has 144 valence electrons. The summed E-state index contributed by atoms with van der Waals surface area (Å²) in [6, 6.07) is 11.6. The van der Waals surface area contributed by atoms with Crippen LogP contribution in [0.2, 0.25) is 0 Å². The maximum atomic E-state index is 12.3. The molecule has 0 radical (unpaired) electrons. The maximum Gasteiger partial charge on any atom is 0.223 e. The molecular weight excluding hydrogens is 336 g/mol. The molecule has 27 heavy (non-hydrogen) atoms. The van der Waals surface area contributed by atoms with Gasteiger partial charge in [0.25, 0.3) is 0 Å². The van der Waals surface area contributed by atoms with Crippen molar-refractivity contribution >= 4 is 5.91 Å². The van der Waals surface area contributed by atoms with Crippen LogP contribution in [-0.4, -0.2) is 40.2 Å². The number of aryl methyl sites for hydroxylation is 1. The Balaban J connectivity index is 1.32. The van der Waals surface area contributed by atoms with Crippen molar-refractivity contribution in [3.05, 3.63) is 53.9 Å². The molecule has 1 saturated heterocycles. The van der Waals surface area contributed by atoms with E-state index in [1.807, 2.05) is 36.1 Å². The molecule has 5 nitrogen and oxygen atoms in total. The van der Waals surface area contributed by atoms with Crippen LogP contribution in [0.5, 0.6) is 0 Å². The summed E-state index contributed by atoms with van der Waals surface area (Å²) in [6.07, 6.45) is 9.49. The summed E-state index contributed by atoms with van der Waals surface area (Å²) in [5, 5.41) is 8.08. The average Bonchev–Trinajstić information content (AvgIpc) is 3.24. The monoisotopic (exact) mass is 366 g/mol. The number of benzene rings is 1. The summed E-state index contributed by atoms with van der Waals surface area (Å²) in [6.45, 7) is 0.899. The molecule has 2 atom stereocenters. The van der Waals surface area contributed by atoms with Gasteiger partial charge in [0.2, 0.25) is 5.91 Å². The van der Waals surface area contributed by atoms with E-state index in [2.05, 4.69) is 40.7 Å². The molecule has 1 aliphatic heterocycles. The fraction of sp³-hybridized carbons (Fsp3) is 0.545. The van der Waals surface area contributed by atoms with Gasteiger partial charge in [-0.05, 0) is 37.2 Å². The highest BCUT2D eigenvalue weighted by Crippen LogP contribution is 2.37. The minimum absolute atomic E-state index is 0.138. The van der Waals surface area contributed by atoms with Gasteiger partial charge in [-0.3, -0.25) is 9.48 Å². The number of hydrogen-bond donors (Lipinski definition) is 1. The van der Waals surface area contributed by atoms with Crippen LogP contribution in [0, 0.1) is 5.92 Å². The van der Waals surface area contributed by atoms with Crippen LogP contribution in [-0.2, 0) is 11.8 Å².